The van der Waals surface area contributed by atoms with Crippen LogP contribution in [0.25, 0.3) is 0 Å². The number of carbonyl (C=O) groups is 2. The van der Waals surface area contributed by atoms with E-state index in [1.165, 1.54) is 193 Å². The molecule has 0 spiro atoms. The first-order valence-electron chi connectivity index (χ1n) is 25.7. The van der Waals surface area contributed by atoms with Crippen molar-refractivity contribution in [3.63, 3.8) is 0 Å². The Morgan fingerprint density at radius 1 is 0.450 bits per heavy atom. The number of esters is 2. The minimum absolute atomic E-state index is 0.0253. The molecular weight excluding hydrogens is 774 g/mol. The van der Waals surface area contributed by atoms with Gasteiger partial charge in [0.15, 0.2) is 6.10 Å². The lowest BCUT2D eigenvalue weighted by molar-refractivity contribution is -0.870. The van der Waals surface area contributed by atoms with Crippen LogP contribution in [0.15, 0.2) is 0 Å². The average molecular weight is 874 g/mol. The number of hydrogen-bond acceptors (Lipinski definition) is 8. The molecule has 0 amide bonds. The molecular formula is C50H100NO8P. The van der Waals surface area contributed by atoms with Gasteiger partial charge in [0.05, 0.1) is 27.7 Å². The smallest absolute Gasteiger partial charge is 0.306 e. The first kappa shape index (κ1) is 59.0. The maximum absolute atomic E-state index is 12.7. The minimum Gasteiger partial charge on any atom is -0.756 e. The second-order valence-electron chi connectivity index (χ2n) is 18.9. The first-order chi connectivity index (χ1) is 29.0. The first-order valence-corrected chi connectivity index (χ1v) is 27.2. The van der Waals surface area contributed by atoms with E-state index in [0.29, 0.717) is 17.4 Å². The molecule has 60 heavy (non-hydrogen) atoms. The predicted molar refractivity (Wildman–Crippen MR) is 250 cm³/mol. The number of rotatable bonds is 48. The Hall–Kier alpha value is -0.990. The number of hydrogen-bond donors (Lipinski definition) is 0. The summed E-state index contributed by atoms with van der Waals surface area (Å²) in [5.74, 6) is -0.814. The molecule has 0 aliphatic carbocycles. The molecule has 0 aromatic rings. The van der Waals surface area contributed by atoms with Gasteiger partial charge in [0.2, 0.25) is 0 Å². The number of carbonyl (C=O) groups excluding carboxylic acids is 2. The molecule has 358 valence electrons. The van der Waals surface area contributed by atoms with E-state index in [4.69, 9.17) is 18.5 Å². The van der Waals surface area contributed by atoms with E-state index >= 15 is 0 Å². The van der Waals surface area contributed by atoms with Crippen molar-refractivity contribution in [3.8, 4) is 0 Å². The molecule has 0 heterocycles. The van der Waals surface area contributed by atoms with E-state index in [1.807, 2.05) is 21.1 Å². The summed E-state index contributed by atoms with van der Waals surface area (Å²) < 4.78 is 34.1. The highest BCUT2D eigenvalue weighted by Crippen LogP contribution is 2.38. The molecule has 0 fully saturated rings. The monoisotopic (exact) mass is 874 g/mol. The Morgan fingerprint density at radius 2 is 0.750 bits per heavy atom. The fourth-order valence-electron chi connectivity index (χ4n) is 7.60. The van der Waals surface area contributed by atoms with Crippen molar-refractivity contribution in [1.29, 1.82) is 0 Å². The van der Waals surface area contributed by atoms with Crippen LogP contribution in [0.2, 0.25) is 0 Å². The molecule has 0 aromatic heterocycles. The van der Waals surface area contributed by atoms with Gasteiger partial charge < -0.3 is 27.9 Å². The molecule has 0 radical (unpaired) electrons. The van der Waals surface area contributed by atoms with Crippen LogP contribution in [0.3, 0.4) is 0 Å². The summed E-state index contributed by atoms with van der Waals surface area (Å²) >= 11 is 0. The SMILES string of the molecule is CCCCCCCCCCCCCCCCCCCCCCCC(=O)OC(COC(=O)CCCCCCCCCCCCCCCCC)COP(=O)([O-])OCC[N+](C)(C)C. The van der Waals surface area contributed by atoms with Crippen LogP contribution >= 0.6 is 7.82 Å². The van der Waals surface area contributed by atoms with Gasteiger partial charge in [0.25, 0.3) is 7.82 Å². The second-order valence-corrected chi connectivity index (χ2v) is 20.3. The highest BCUT2D eigenvalue weighted by molar-refractivity contribution is 7.45. The molecule has 0 saturated heterocycles. The Morgan fingerprint density at radius 3 is 1.07 bits per heavy atom. The minimum atomic E-state index is -4.62. The standard InChI is InChI=1S/C50H100NO8P/c1-6-8-10-12-14-16-18-20-22-23-24-25-26-27-29-31-33-35-37-39-41-43-50(53)59-48(47-58-60(54,55)57-45-44-51(3,4)5)46-56-49(52)42-40-38-36-34-32-30-28-21-19-17-15-13-11-9-7-2/h48H,6-47H2,1-5H3. The normalized spacial score (nSPS) is 13.4. The lowest BCUT2D eigenvalue weighted by Crippen LogP contribution is -2.37. The van der Waals surface area contributed by atoms with E-state index < -0.39 is 26.5 Å². The van der Waals surface area contributed by atoms with Crippen LogP contribution < -0.4 is 4.89 Å². The number of unbranched alkanes of at least 4 members (excludes halogenated alkanes) is 34. The number of phosphoric ester groups is 1. The quantitative estimate of drug-likeness (QED) is 0.0257. The second kappa shape index (κ2) is 43.3. The van der Waals surface area contributed by atoms with E-state index in [0.717, 1.165) is 32.1 Å². The van der Waals surface area contributed by atoms with Gasteiger partial charge in [-0.3, -0.25) is 14.2 Å². The van der Waals surface area contributed by atoms with Gasteiger partial charge in [-0.05, 0) is 12.8 Å². The largest absolute Gasteiger partial charge is 0.756 e. The summed E-state index contributed by atoms with van der Waals surface area (Å²) in [6.45, 7) is 4.29. The van der Waals surface area contributed by atoms with Gasteiger partial charge in [0, 0.05) is 12.8 Å². The third kappa shape index (κ3) is 46.5. The van der Waals surface area contributed by atoms with Crippen LogP contribution in [0.1, 0.15) is 258 Å². The van der Waals surface area contributed by atoms with Crippen molar-refractivity contribution < 1.29 is 42.1 Å². The lowest BCUT2D eigenvalue weighted by atomic mass is 10.0. The Balaban J connectivity index is 4.18. The van der Waals surface area contributed by atoms with E-state index in [2.05, 4.69) is 13.8 Å². The van der Waals surface area contributed by atoms with Crippen LogP contribution in [-0.4, -0.2) is 70.0 Å². The van der Waals surface area contributed by atoms with Crippen LogP contribution in [0.5, 0.6) is 0 Å². The molecule has 10 heteroatoms. The van der Waals surface area contributed by atoms with Gasteiger partial charge in [-0.1, -0.05) is 232 Å². The number of ether oxygens (including phenoxy) is 2. The van der Waals surface area contributed by atoms with Gasteiger partial charge in [0.1, 0.15) is 19.8 Å². The highest BCUT2D eigenvalue weighted by atomic mass is 31.2. The van der Waals surface area contributed by atoms with Gasteiger partial charge in [-0.15, -0.1) is 0 Å². The van der Waals surface area contributed by atoms with Crippen molar-refractivity contribution in [2.75, 3.05) is 47.5 Å². The molecule has 9 nitrogen and oxygen atoms in total. The Labute approximate surface area is 372 Å². The topological polar surface area (TPSA) is 111 Å². The Bertz CT molecular complexity index is 990. The summed E-state index contributed by atoms with van der Waals surface area (Å²) in [7, 11) is 1.19. The van der Waals surface area contributed by atoms with Crippen LogP contribution in [0, 0.1) is 0 Å². The zero-order valence-electron chi connectivity index (χ0n) is 40.4. The summed E-state index contributed by atoms with van der Waals surface area (Å²) in [5, 5.41) is 0. The molecule has 2 unspecified atom stereocenters. The van der Waals surface area contributed by atoms with E-state index in [1.54, 1.807) is 0 Å². The Kier molecular flexibility index (Phi) is 42.6. The zero-order chi connectivity index (χ0) is 44.3. The molecule has 0 saturated carbocycles. The average Bonchev–Trinajstić information content (AvgIpc) is 3.20. The molecule has 0 bridgehead atoms. The highest BCUT2D eigenvalue weighted by Gasteiger charge is 2.21. The lowest BCUT2D eigenvalue weighted by Gasteiger charge is -2.28. The summed E-state index contributed by atoms with van der Waals surface area (Å²) in [4.78, 5) is 37.7. The van der Waals surface area contributed by atoms with Gasteiger partial charge >= 0.3 is 11.9 Å². The summed E-state index contributed by atoms with van der Waals surface area (Å²) in [6, 6.07) is 0. The van der Waals surface area contributed by atoms with E-state index in [-0.39, 0.29) is 32.0 Å². The molecule has 0 rings (SSSR count). The van der Waals surface area contributed by atoms with Crippen molar-refractivity contribution in [3.05, 3.63) is 0 Å². The predicted octanol–water partition coefficient (Wildman–Crippen LogP) is 14.5. The molecule has 0 aliphatic rings. The maximum atomic E-state index is 12.7. The molecule has 0 aliphatic heterocycles. The van der Waals surface area contributed by atoms with Crippen molar-refractivity contribution in [2.24, 2.45) is 0 Å². The van der Waals surface area contributed by atoms with Crippen molar-refractivity contribution in [2.45, 2.75) is 264 Å². The molecule has 0 aromatic carbocycles. The van der Waals surface area contributed by atoms with E-state index in [9.17, 15) is 19.0 Å². The van der Waals surface area contributed by atoms with Crippen molar-refractivity contribution in [1.82, 2.24) is 0 Å². The maximum Gasteiger partial charge on any atom is 0.306 e. The van der Waals surface area contributed by atoms with Gasteiger partial charge in [-0.25, -0.2) is 0 Å². The number of quaternary nitrogens is 1. The number of nitrogens with zero attached hydrogens (tertiary/aromatic N) is 1. The summed E-state index contributed by atoms with van der Waals surface area (Å²) in [5.41, 5.74) is 0. The summed E-state index contributed by atoms with van der Waals surface area (Å²) in [6.07, 6.45) is 45.6. The number of likely N-dealkylation sites (N-methyl/N-ethyl adjacent to an activating group) is 1. The zero-order valence-corrected chi connectivity index (χ0v) is 41.3. The third-order valence-corrected chi connectivity index (χ3v) is 12.6. The fraction of sp³-hybridized carbons (Fsp3) is 0.960. The van der Waals surface area contributed by atoms with Crippen LogP contribution in [0.4, 0.5) is 0 Å². The molecule has 2 atom stereocenters. The van der Waals surface area contributed by atoms with Crippen molar-refractivity contribution >= 4 is 19.8 Å². The third-order valence-electron chi connectivity index (χ3n) is 11.6. The van der Waals surface area contributed by atoms with Crippen LogP contribution in [-0.2, 0) is 32.7 Å². The fourth-order valence-corrected chi connectivity index (χ4v) is 8.33. The molecule has 0 N–H and O–H groups in total. The number of phosphoric acid groups is 1. The van der Waals surface area contributed by atoms with Gasteiger partial charge in [-0.2, -0.15) is 0 Å².